The number of ether oxygens (including phenoxy) is 1. The summed E-state index contributed by atoms with van der Waals surface area (Å²) in [6, 6.07) is 0. The quantitative estimate of drug-likeness (QED) is 0.430. The van der Waals surface area contributed by atoms with Crippen LogP contribution in [0.1, 0.15) is 39.0 Å². The third-order valence-electron chi connectivity index (χ3n) is 3.81. The molecular formula is C14H25NO3. The molecule has 0 amide bonds. The lowest BCUT2D eigenvalue weighted by atomic mass is 9.74. The van der Waals surface area contributed by atoms with Gasteiger partial charge in [-0.25, -0.2) is 4.79 Å². The second-order valence-electron chi connectivity index (χ2n) is 5.23. The highest BCUT2D eigenvalue weighted by molar-refractivity contribution is 5.87. The summed E-state index contributed by atoms with van der Waals surface area (Å²) < 4.78 is 4.63. The first-order chi connectivity index (χ1) is 8.63. The lowest BCUT2D eigenvalue weighted by molar-refractivity contribution is -0.136. The van der Waals surface area contributed by atoms with Crippen LogP contribution in [0.25, 0.3) is 0 Å². The van der Waals surface area contributed by atoms with E-state index >= 15 is 0 Å². The Labute approximate surface area is 109 Å². The molecule has 4 nitrogen and oxygen atoms in total. The van der Waals surface area contributed by atoms with Crippen LogP contribution in [0.4, 0.5) is 0 Å². The summed E-state index contributed by atoms with van der Waals surface area (Å²) in [6.07, 6.45) is 7.72. The van der Waals surface area contributed by atoms with Gasteiger partial charge in [0.2, 0.25) is 0 Å². The predicted octanol–water partition coefficient (Wildman–Crippen LogP) is 1.64. The van der Waals surface area contributed by atoms with Crippen LogP contribution in [-0.4, -0.2) is 37.9 Å². The fraction of sp³-hybridized carbons (Fsp3) is 0.786. The zero-order valence-electron chi connectivity index (χ0n) is 11.5. The molecule has 18 heavy (non-hydrogen) atoms. The van der Waals surface area contributed by atoms with E-state index in [1.54, 1.807) is 6.92 Å². The summed E-state index contributed by atoms with van der Waals surface area (Å²) in [6.45, 7) is 3.45. The summed E-state index contributed by atoms with van der Waals surface area (Å²) in [4.78, 5) is 11.2. The van der Waals surface area contributed by atoms with E-state index in [2.05, 4.69) is 10.1 Å². The third kappa shape index (κ3) is 4.42. The lowest BCUT2D eigenvalue weighted by Crippen LogP contribution is -2.39. The SMILES string of the molecule is COC(=O)C(C)=CCNCC1(CO)CCCCC1. The summed E-state index contributed by atoms with van der Waals surface area (Å²) in [5.74, 6) is -0.286. The molecule has 104 valence electrons. The van der Waals surface area contributed by atoms with Crippen LogP contribution >= 0.6 is 0 Å². The molecule has 0 radical (unpaired) electrons. The summed E-state index contributed by atoms with van der Waals surface area (Å²) >= 11 is 0. The number of carbonyl (C=O) groups excluding carboxylic acids is 1. The van der Waals surface area contributed by atoms with Crippen LogP contribution in [0.5, 0.6) is 0 Å². The van der Waals surface area contributed by atoms with Crippen LogP contribution in [0, 0.1) is 5.41 Å². The first-order valence-electron chi connectivity index (χ1n) is 6.70. The van der Waals surface area contributed by atoms with Gasteiger partial charge in [0.15, 0.2) is 0 Å². The molecule has 0 heterocycles. The molecule has 0 bridgehead atoms. The molecule has 0 aromatic heterocycles. The molecule has 4 heteroatoms. The molecule has 1 saturated carbocycles. The first-order valence-corrected chi connectivity index (χ1v) is 6.70. The molecule has 1 fully saturated rings. The molecule has 0 unspecified atom stereocenters. The maximum Gasteiger partial charge on any atom is 0.333 e. The van der Waals surface area contributed by atoms with Gasteiger partial charge in [-0.1, -0.05) is 25.3 Å². The molecular weight excluding hydrogens is 230 g/mol. The van der Waals surface area contributed by atoms with Gasteiger partial charge in [-0.05, 0) is 19.8 Å². The van der Waals surface area contributed by atoms with Gasteiger partial charge in [0.25, 0.3) is 0 Å². The Hall–Kier alpha value is -0.870. The van der Waals surface area contributed by atoms with Crippen LogP contribution in [0.15, 0.2) is 11.6 Å². The number of aliphatic hydroxyl groups is 1. The van der Waals surface area contributed by atoms with E-state index in [0.29, 0.717) is 12.1 Å². The highest BCUT2D eigenvalue weighted by Crippen LogP contribution is 2.35. The van der Waals surface area contributed by atoms with Crippen LogP contribution in [0.3, 0.4) is 0 Å². The third-order valence-corrected chi connectivity index (χ3v) is 3.81. The fourth-order valence-electron chi connectivity index (χ4n) is 2.50. The Morgan fingerprint density at radius 1 is 1.39 bits per heavy atom. The molecule has 0 saturated heterocycles. The highest BCUT2D eigenvalue weighted by atomic mass is 16.5. The summed E-state index contributed by atoms with van der Waals surface area (Å²) in [7, 11) is 1.38. The van der Waals surface area contributed by atoms with Crippen LogP contribution < -0.4 is 5.32 Å². The smallest absolute Gasteiger partial charge is 0.333 e. The maximum atomic E-state index is 11.2. The number of esters is 1. The zero-order valence-corrected chi connectivity index (χ0v) is 11.5. The minimum absolute atomic E-state index is 0.0469. The van der Waals surface area contributed by atoms with Crippen molar-refractivity contribution in [2.45, 2.75) is 39.0 Å². The van der Waals surface area contributed by atoms with Crippen molar-refractivity contribution >= 4 is 5.97 Å². The van der Waals surface area contributed by atoms with Gasteiger partial charge in [0.05, 0.1) is 7.11 Å². The average molecular weight is 255 g/mol. The van der Waals surface area contributed by atoms with E-state index in [1.165, 1.54) is 26.4 Å². The average Bonchev–Trinajstić information content (AvgIpc) is 2.43. The Bertz CT molecular complexity index is 293. The molecule has 0 aromatic rings. The number of nitrogens with one attached hydrogen (secondary N) is 1. The monoisotopic (exact) mass is 255 g/mol. The van der Waals surface area contributed by atoms with Gasteiger partial charge in [-0.15, -0.1) is 0 Å². The molecule has 0 spiro atoms. The largest absolute Gasteiger partial charge is 0.466 e. The van der Waals surface area contributed by atoms with Crippen molar-refractivity contribution in [2.24, 2.45) is 5.41 Å². The molecule has 0 aromatic carbocycles. The standard InChI is InChI=1S/C14H25NO3/c1-12(13(17)18-2)6-9-15-10-14(11-16)7-4-3-5-8-14/h6,15-16H,3-5,7-11H2,1-2H3. The minimum Gasteiger partial charge on any atom is -0.466 e. The molecule has 1 rings (SSSR count). The molecule has 1 aliphatic carbocycles. The van der Waals surface area contributed by atoms with E-state index < -0.39 is 0 Å². The lowest BCUT2D eigenvalue weighted by Gasteiger charge is -2.35. The Balaban J connectivity index is 2.33. The Morgan fingerprint density at radius 2 is 2.06 bits per heavy atom. The maximum absolute atomic E-state index is 11.2. The van der Waals surface area contributed by atoms with Gasteiger partial charge in [-0.2, -0.15) is 0 Å². The van der Waals surface area contributed by atoms with Crippen molar-refractivity contribution in [1.29, 1.82) is 0 Å². The number of rotatable bonds is 6. The van der Waals surface area contributed by atoms with Crippen molar-refractivity contribution in [3.8, 4) is 0 Å². The number of aliphatic hydroxyl groups excluding tert-OH is 1. The van der Waals surface area contributed by atoms with E-state index in [-0.39, 0.29) is 18.0 Å². The molecule has 0 aliphatic heterocycles. The van der Waals surface area contributed by atoms with E-state index in [4.69, 9.17) is 0 Å². The predicted molar refractivity (Wildman–Crippen MR) is 71.2 cm³/mol. The van der Waals surface area contributed by atoms with Gasteiger partial charge >= 0.3 is 5.97 Å². The van der Waals surface area contributed by atoms with Crippen molar-refractivity contribution < 1.29 is 14.6 Å². The fourth-order valence-corrected chi connectivity index (χ4v) is 2.50. The van der Waals surface area contributed by atoms with Gasteiger partial charge < -0.3 is 15.2 Å². The molecule has 1 aliphatic rings. The van der Waals surface area contributed by atoms with Crippen molar-refractivity contribution in [2.75, 3.05) is 26.8 Å². The highest BCUT2D eigenvalue weighted by Gasteiger charge is 2.30. The minimum atomic E-state index is -0.286. The van der Waals surface area contributed by atoms with Crippen molar-refractivity contribution in [1.82, 2.24) is 5.32 Å². The summed E-state index contributed by atoms with van der Waals surface area (Å²) in [5, 5.41) is 12.9. The van der Waals surface area contributed by atoms with Gasteiger partial charge in [0.1, 0.15) is 0 Å². The second-order valence-corrected chi connectivity index (χ2v) is 5.23. The van der Waals surface area contributed by atoms with E-state index in [0.717, 1.165) is 19.4 Å². The van der Waals surface area contributed by atoms with Crippen molar-refractivity contribution in [3.05, 3.63) is 11.6 Å². The number of methoxy groups -OCH3 is 1. The normalized spacial score (nSPS) is 19.6. The van der Waals surface area contributed by atoms with E-state index in [9.17, 15) is 9.90 Å². The topological polar surface area (TPSA) is 58.6 Å². The summed E-state index contributed by atoms with van der Waals surface area (Å²) in [5.41, 5.74) is 0.664. The second kappa shape index (κ2) is 7.54. The zero-order chi connectivity index (χ0) is 13.4. The number of hydrogen-bond donors (Lipinski definition) is 2. The number of hydrogen-bond acceptors (Lipinski definition) is 4. The van der Waals surface area contributed by atoms with Crippen LogP contribution in [0.2, 0.25) is 0 Å². The molecule has 0 atom stereocenters. The van der Waals surface area contributed by atoms with E-state index in [1.807, 2.05) is 6.08 Å². The van der Waals surface area contributed by atoms with Crippen molar-refractivity contribution in [3.63, 3.8) is 0 Å². The molecule has 2 N–H and O–H groups in total. The Kier molecular flexibility index (Phi) is 6.36. The van der Waals surface area contributed by atoms with Crippen LogP contribution in [-0.2, 0) is 9.53 Å². The van der Waals surface area contributed by atoms with Gasteiger partial charge in [0, 0.05) is 30.7 Å². The Morgan fingerprint density at radius 3 is 2.61 bits per heavy atom. The first kappa shape index (κ1) is 15.2. The number of carbonyl (C=O) groups is 1. The van der Waals surface area contributed by atoms with Gasteiger partial charge in [-0.3, -0.25) is 0 Å².